The number of ether oxygens (including phenoxy) is 1. The van der Waals surface area contributed by atoms with Crippen molar-refractivity contribution in [1.82, 2.24) is 9.88 Å². The molecule has 2 aromatic heterocycles. The second kappa shape index (κ2) is 8.51. The average Bonchev–Trinajstić information content (AvgIpc) is 3.10. The summed E-state index contributed by atoms with van der Waals surface area (Å²) in [5, 5.41) is 1.06. The number of rotatable bonds is 5. The molecule has 0 spiro atoms. The quantitative estimate of drug-likeness (QED) is 0.581. The number of hydrogen-bond acceptors (Lipinski definition) is 6. The predicted molar refractivity (Wildman–Crippen MR) is 119 cm³/mol. The van der Waals surface area contributed by atoms with Gasteiger partial charge in [0.1, 0.15) is 9.71 Å². The van der Waals surface area contributed by atoms with Crippen LogP contribution < -0.4 is 4.90 Å². The molecule has 5 nitrogen and oxygen atoms in total. The Balaban J connectivity index is 1.42. The predicted octanol–water partition coefficient (Wildman–Crippen LogP) is 4.49. The number of fused-ring (bicyclic) bond motifs is 1. The van der Waals surface area contributed by atoms with Crippen molar-refractivity contribution in [2.24, 2.45) is 0 Å². The summed E-state index contributed by atoms with van der Waals surface area (Å²) in [6.45, 7) is 5.01. The van der Waals surface area contributed by atoms with Crippen molar-refractivity contribution < 1.29 is 9.53 Å². The third kappa shape index (κ3) is 4.14. The summed E-state index contributed by atoms with van der Waals surface area (Å²) < 4.78 is 4.89. The first-order valence-electron chi connectivity index (χ1n) is 10.0. The van der Waals surface area contributed by atoms with E-state index in [1.165, 1.54) is 29.7 Å². The zero-order valence-corrected chi connectivity index (χ0v) is 18.0. The SMILES string of the molecule is COC(=O)c1sc2ncc(CN(C)C3CCN(c4ccccc4)CC3)cc2c1C. The molecule has 0 unspecified atom stereocenters. The molecule has 6 heteroatoms. The summed E-state index contributed by atoms with van der Waals surface area (Å²) in [5.41, 5.74) is 3.46. The molecule has 0 amide bonds. The van der Waals surface area contributed by atoms with E-state index < -0.39 is 0 Å². The number of methoxy groups -OCH3 is 1. The Hall–Kier alpha value is -2.44. The fourth-order valence-corrected chi connectivity index (χ4v) is 5.19. The van der Waals surface area contributed by atoms with Crippen molar-refractivity contribution in [2.45, 2.75) is 32.4 Å². The van der Waals surface area contributed by atoms with E-state index in [0.29, 0.717) is 10.9 Å². The zero-order chi connectivity index (χ0) is 20.4. The Labute approximate surface area is 175 Å². The van der Waals surface area contributed by atoms with Crippen molar-refractivity contribution in [2.75, 3.05) is 32.1 Å². The topological polar surface area (TPSA) is 45.7 Å². The van der Waals surface area contributed by atoms with Crippen LogP contribution in [0.2, 0.25) is 0 Å². The van der Waals surface area contributed by atoms with E-state index in [0.717, 1.165) is 48.3 Å². The molecule has 1 aliphatic heterocycles. The number of pyridine rings is 1. The highest BCUT2D eigenvalue weighted by molar-refractivity contribution is 7.20. The Morgan fingerprint density at radius 3 is 2.69 bits per heavy atom. The molecular weight excluding hydrogens is 382 g/mol. The van der Waals surface area contributed by atoms with Crippen molar-refractivity contribution in [3.8, 4) is 0 Å². The minimum absolute atomic E-state index is 0.283. The third-order valence-electron chi connectivity index (χ3n) is 5.86. The lowest BCUT2D eigenvalue weighted by atomic mass is 10.0. The van der Waals surface area contributed by atoms with Gasteiger partial charge < -0.3 is 9.64 Å². The highest BCUT2D eigenvalue weighted by Gasteiger charge is 2.23. The molecule has 1 aromatic carbocycles. The summed E-state index contributed by atoms with van der Waals surface area (Å²) in [6, 6.07) is 13.4. The fraction of sp³-hybridized carbons (Fsp3) is 0.391. The lowest BCUT2D eigenvalue weighted by Crippen LogP contribution is -2.43. The maximum Gasteiger partial charge on any atom is 0.348 e. The smallest absolute Gasteiger partial charge is 0.348 e. The van der Waals surface area contributed by atoms with Crippen LogP contribution in [-0.4, -0.2) is 49.1 Å². The van der Waals surface area contributed by atoms with Crippen molar-refractivity contribution in [1.29, 1.82) is 0 Å². The second-order valence-electron chi connectivity index (χ2n) is 7.71. The first kappa shape index (κ1) is 19.9. The molecule has 4 rings (SSSR count). The average molecular weight is 410 g/mol. The van der Waals surface area contributed by atoms with Gasteiger partial charge in [0.05, 0.1) is 7.11 Å². The van der Waals surface area contributed by atoms with Crippen LogP contribution in [0, 0.1) is 6.92 Å². The molecule has 0 radical (unpaired) electrons. The first-order valence-corrected chi connectivity index (χ1v) is 10.8. The molecule has 1 aliphatic rings. The molecular formula is C23H27N3O2S. The standard InChI is InChI=1S/C23H27N3O2S/c1-16-20-13-17(14-24-22(20)29-21(16)23(27)28-3)15-25(2)18-9-11-26(12-10-18)19-7-5-4-6-8-19/h4-8,13-14,18H,9-12,15H2,1-3H3. The number of carbonyl (C=O) groups is 1. The largest absolute Gasteiger partial charge is 0.465 e. The van der Waals surface area contributed by atoms with E-state index in [9.17, 15) is 4.79 Å². The number of aromatic nitrogens is 1. The molecule has 152 valence electrons. The summed E-state index contributed by atoms with van der Waals surface area (Å²) in [4.78, 5) is 23.0. The van der Waals surface area contributed by atoms with Gasteiger partial charge in [-0.15, -0.1) is 11.3 Å². The van der Waals surface area contributed by atoms with Gasteiger partial charge in [0.2, 0.25) is 0 Å². The van der Waals surface area contributed by atoms with Crippen LogP contribution >= 0.6 is 11.3 Å². The molecule has 0 bridgehead atoms. The molecule has 0 N–H and O–H groups in total. The highest BCUT2D eigenvalue weighted by atomic mass is 32.1. The van der Waals surface area contributed by atoms with Gasteiger partial charge in [0, 0.05) is 42.9 Å². The van der Waals surface area contributed by atoms with Gasteiger partial charge in [-0.05, 0) is 56.1 Å². The van der Waals surface area contributed by atoms with Gasteiger partial charge in [-0.25, -0.2) is 9.78 Å². The van der Waals surface area contributed by atoms with E-state index in [4.69, 9.17) is 4.74 Å². The maximum absolute atomic E-state index is 12.0. The van der Waals surface area contributed by atoms with E-state index >= 15 is 0 Å². The molecule has 3 aromatic rings. The number of aryl methyl sites for hydroxylation is 1. The van der Waals surface area contributed by atoms with E-state index in [2.05, 4.69) is 58.2 Å². The highest BCUT2D eigenvalue weighted by Crippen LogP contribution is 2.31. The van der Waals surface area contributed by atoms with Crippen LogP contribution in [-0.2, 0) is 11.3 Å². The number of carbonyl (C=O) groups excluding carboxylic acids is 1. The number of nitrogens with zero attached hydrogens (tertiary/aromatic N) is 3. The van der Waals surface area contributed by atoms with E-state index in [-0.39, 0.29) is 5.97 Å². The summed E-state index contributed by atoms with van der Waals surface area (Å²) in [7, 11) is 3.62. The van der Waals surface area contributed by atoms with E-state index in [1.54, 1.807) is 0 Å². The van der Waals surface area contributed by atoms with Gasteiger partial charge >= 0.3 is 5.97 Å². The van der Waals surface area contributed by atoms with Gasteiger partial charge in [0.25, 0.3) is 0 Å². The summed E-state index contributed by atoms with van der Waals surface area (Å²) >= 11 is 1.41. The van der Waals surface area contributed by atoms with Crippen LogP contribution in [0.25, 0.3) is 10.2 Å². The van der Waals surface area contributed by atoms with Crippen molar-refractivity contribution in [3.05, 3.63) is 58.6 Å². The minimum Gasteiger partial charge on any atom is -0.465 e. The van der Waals surface area contributed by atoms with Crippen LogP contribution in [0.1, 0.15) is 33.6 Å². The molecule has 3 heterocycles. The summed E-state index contributed by atoms with van der Waals surface area (Å²) in [5.74, 6) is -0.283. The lowest BCUT2D eigenvalue weighted by Gasteiger charge is -2.38. The monoisotopic (exact) mass is 409 g/mol. The Morgan fingerprint density at radius 1 is 1.28 bits per heavy atom. The Bertz CT molecular complexity index is 994. The number of para-hydroxylation sites is 1. The maximum atomic E-state index is 12.0. The first-order chi connectivity index (χ1) is 14.1. The van der Waals surface area contributed by atoms with Crippen molar-refractivity contribution in [3.63, 3.8) is 0 Å². The van der Waals surface area contributed by atoms with Gasteiger partial charge in [-0.2, -0.15) is 0 Å². The van der Waals surface area contributed by atoms with Gasteiger partial charge in [-0.1, -0.05) is 18.2 Å². The number of piperidine rings is 1. The molecule has 1 saturated heterocycles. The van der Waals surface area contributed by atoms with Crippen LogP contribution in [0.4, 0.5) is 5.69 Å². The zero-order valence-electron chi connectivity index (χ0n) is 17.2. The molecule has 29 heavy (non-hydrogen) atoms. The van der Waals surface area contributed by atoms with Crippen LogP contribution in [0.15, 0.2) is 42.6 Å². The van der Waals surface area contributed by atoms with Crippen LogP contribution in [0.5, 0.6) is 0 Å². The van der Waals surface area contributed by atoms with Gasteiger partial charge in [-0.3, -0.25) is 4.90 Å². The second-order valence-corrected chi connectivity index (χ2v) is 8.71. The normalized spacial score (nSPS) is 15.2. The number of esters is 1. The number of anilines is 1. The lowest BCUT2D eigenvalue weighted by molar-refractivity contribution is 0.0605. The van der Waals surface area contributed by atoms with Gasteiger partial charge in [0.15, 0.2) is 0 Å². The van der Waals surface area contributed by atoms with Crippen LogP contribution in [0.3, 0.4) is 0 Å². The molecule has 1 fully saturated rings. The summed E-state index contributed by atoms with van der Waals surface area (Å²) in [6.07, 6.45) is 4.25. The minimum atomic E-state index is -0.283. The Morgan fingerprint density at radius 2 is 2.00 bits per heavy atom. The Kier molecular flexibility index (Phi) is 5.83. The molecule has 0 atom stereocenters. The number of thiophene rings is 1. The number of hydrogen-bond donors (Lipinski definition) is 0. The number of benzene rings is 1. The fourth-order valence-electron chi connectivity index (χ4n) is 4.14. The van der Waals surface area contributed by atoms with Crippen molar-refractivity contribution >= 4 is 33.2 Å². The van der Waals surface area contributed by atoms with E-state index in [1.807, 2.05) is 13.1 Å². The molecule has 0 aliphatic carbocycles. The molecule has 0 saturated carbocycles. The third-order valence-corrected chi connectivity index (χ3v) is 7.06.